The number of carbonyl (C=O) groups is 1. The van der Waals surface area contributed by atoms with Crippen LogP contribution in [0.15, 0.2) is 18.2 Å². The van der Waals surface area contributed by atoms with Gasteiger partial charge in [0.25, 0.3) is 0 Å². The Kier molecular flexibility index (Phi) is 3.47. The average Bonchev–Trinajstić information content (AvgIpc) is 3.13. The highest BCUT2D eigenvalue weighted by Gasteiger charge is 2.42. The number of fused-ring (bicyclic) bond motifs is 1. The summed E-state index contributed by atoms with van der Waals surface area (Å²) < 4.78 is 2.25. The van der Waals surface area contributed by atoms with E-state index < -0.39 is 5.97 Å². The van der Waals surface area contributed by atoms with Gasteiger partial charge in [0, 0.05) is 13.0 Å². The fourth-order valence-electron chi connectivity index (χ4n) is 3.34. The van der Waals surface area contributed by atoms with Crippen molar-refractivity contribution in [2.75, 3.05) is 0 Å². The van der Waals surface area contributed by atoms with Crippen LogP contribution in [0.3, 0.4) is 0 Å². The number of aromatic carboxylic acids is 1. The highest BCUT2D eigenvalue weighted by atomic mass is 16.4. The Balaban J connectivity index is 2.09. The lowest BCUT2D eigenvalue weighted by atomic mass is 10.0. The first kappa shape index (κ1) is 14.1. The summed E-state index contributed by atoms with van der Waals surface area (Å²) in [5.41, 5.74) is 2.33. The summed E-state index contributed by atoms with van der Waals surface area (Å²) in [6.07, 6.45) is 5.84. The van der Waals surface area contributed by atoms with Gasteiger partial charge in [0.1, 0.15) is 11.3 Å². The zero-order valence-corrected chi connectivity index (χ0v) is 12.7. The first-order valence-electron chi connectivity index (χ1n) is 7.81. The van der Waals surface area contributed by atoms with Crippen LogP contribution in [0.5, 0.6) is 0 Å². The summed E-state index contributed by atoms with van der Waals surface area (Å²) in [5.74, 6) is 0.101. The Morgan fingerprint density at radius 1 is 1.38 bits per heavy atom. The van der Waals surface area contributed by atoms with Crippen molar-refractivity contribution in [1.29, 1.82) is 0 Å². The molecule has 0 bridgehead atoms. The molecular formula is C17H22N2O2. The molecule has 0 spiro atoms. The Morgan fingerprint density at radius 2 is 2.14 bits per heavy atom. The number of imidazole rings is 1. The van der Waals surface area contributed by atoms with Gasteiger partial charge in [-0.1, -0.05) is 26.3 Å². The molecule has 1 heterocycles. The maximum Gasteiger partial charge on any atom is 0.337 e. The predicted octanol–water partition coefficient (Wildman–Crippen LogP) is 3.88. The molecule has 1 aliphatic rings. The van der Waals surface area contributed by atoms with E-state index in [1.807, 2.05) is 12.1 Å². The number of hydrogen-bond donors (Lipinski definition) is 1. The van der Waals surface area contributed by atoms with E-state index in [4.69, 9.17) is 0 Å². The van der Waals surface area contributed by atoms with E-state index in [-0.39, 0.29) is 0 Å². The van der Waals surface area contributed by atoms with E-state index in [2.05, 4.69) is 23.4 Å². The average molecular weight is 286 g/mol. The highest BCUT2D eigenvalue weighted by Crippen LogP contribution is 2.51. The predicted molar refractivity (Wildman–Crippen MR) is 82.6 cm³/mol. The van der Waals surface area contributed by atoms with Crippen molar-refractivity contribution < 1.29 is 9.90 Å². The van der Waals surface area contributed by atoms with Gasteiger partial charge in [-0.2, -0.15) is 0 Å². The van der Waals surface area contributed by atoms with Crippen LogP contribution in [-0.2, 0) is 13.0 Å². The van der Waals surface area contributed by atoms with E-state index >= 15 is 0 Å². The Bertz CT molecular complexity index is 683. The molecule has 1 N–H and O–H groups in total. The maximum absolute atomic E-state index is 11.4. The van der Waals surface area contributed by atoms with Crippen molar-refractivity contribution in [3.05, 3.63) is 29.6 Å². The first-order chi connectivity index (χ1) is 10.1. The smallest absolute Gasteiger partial charge is 0.337 e. The minimum atomic E-state index is -0.900. The van der Waals surface area contributed by atoms with Gasteiger partial charge >= 0.3 is 5.97 Å². The van der Waals surface area contributed by atoms with Gasteiger partial charge in [-0.15, -0.1) is 0 Å². The van der Waals surface area contributed by atoms with Gasteiger partial charge in [-0.3, -0.25) is 0 Å². The molecule has 0 amide bonds. The summed E-state index contributed by atoms with van der Waals surface area (Å²) in [5, 5.41) is 9.34. The van der Waals surface area contributed by atoms with Gasteiger partial charge in [-0.05, 0) is 36.8 Å². The number of carboxylic acids is 1. The molecule has 1 saturated carbocycles. The molecule has 0 atom stereocenters. The molecule has 4 heteroatoms. The van der Waals surface area contributed by atoms with Gasteiger partial charge in [0.15, 0.2) is 0 Å². The van der Waals surface area contributed by atoms with Crippen LogP contribution < -0.4 is 0 Å². The number of para-hydroxylation sites is 1. The van der Waals surface area contributed by atoms with Gasteiger partial charge in [0.2, 0.25) is 0 Å². The van der Waals surface area contributed by atoms with Gasteiger partial charge in [-0.25, -0.2) is 9.78 Å². The van der Waals surface area contributed by atoms with Crippen LogP contribution in [0.2, 0.25) is 0 Å². The molecule has 1 aliphatic carbocycles. The molecule has 0 radical (unpaired) electrons. The summed E-state index contributed by atoms with van der Waals surface area (Å²) in [7, 11) is 0. The molecule has 2 aromatic rings. The molecule has 3 rings (SSSR count). The molecule has 0 unspecified atom stereocenters. The quantitative estimate of drug-likeness (QED) is 0.876. The summed E-state index contributed by atoms with van der Waals surface area (Å²) in [4.78, 5) is 16.0. The second-order valence-electron chi connectivity index (χ2n) is 6.20. The normalized spacial score (nSPS) is 16.3. The third-order valence-corrected chi connectivity index (χ3v) is 4.64. The van der Waals surface area contributed by atoms with Gasteiger partial charge < -0.3 is 9.67 Å². The molecule has 112 valence electrons. The Hall–Kier alpha value is -1.84. The number of nitrogens with zero attached hydrogens (tertiary/aromatic N) is 2. The van der Waals surface area contributed by atoms with E-state index in [0.29, 0.717) is 16.5 Å². The van der Waals surface area contributed by atoms with Crippen molar-refractivity contribution in [1.82, 2.24) is 9.55 Å². The highest BCUT2D eigenvalue weighted by molar-refractivity contribution is 6.01. The van der Waals surface area contributed by atoms with Crippen LogP contribution in [0.1, 0.15) is 55.7 Å². The second-order valence-corrected chi connectivity index (χ2v) is 6.20. The SMILES string of the molecule is CCCC1(Cn2c(CC)nc3c(C(=O)O)cccc32)CC1. The van der Waals surface area contributed by atoms with Crippen molar-refractivity contribution in [3.8, 4) is 0 Å². The van der Waals surface area contributed by atoms with Crippen LogP contribution in [0.25, 0.3) is 11.0 Å². The Morgan fingerprint density at radius 3 is 2.71 bits per heavy atom. The fraction of sp³-hybridized carbons (Fsp3) is 0.529. The third-order valence-electron chi connectivity index (χ3n) is 4.64. The van der Waals surface area contributed by atoms with E-state index in [1.54, 1.807) is 6.07 Å². The standard InChI is InChI=1S/C17H22N2O2/c1-3-8-17(9-10-17)11-19-13-7-5-6-12(16(20)21)15(13)18-14(19)4-2/h5-7H,3-4,8-11H2,1-2H3,(H,20,21). The monoisotopic (exact) mass is 286 g/mol. The lowest BCUT2D eigenvalue weighted by Crippen LogP contribution is -2.13. The molecule has 21 heavy (non-hydrogen) atoms. The van der Waals surface area contributed by atoms with E-state index in [0.717, 1.165) is 24.3 Å². The molecule has 1 aromatic heterocycles. The second kappa shape index (κ2) is 5.17. The number of aromatic nitrogens is 2. The zero-order valence-electron chi connectivity index (χ0n) is 12.7. The number of hydrogen-bond acceptors (Lipinski definition) is 2. The minimum Gasteiger partial charge on any atom is -0.478 e. The first-order valence-corrected chi connectivity index (χ1v) is 7.81. The van der Waals surface area contributed by atoms with Crippen molar-refractivity contribution in [2.24, 2.45) is 5.41 Å². The zero-order chi connectivity index (χ0) is 15.0. The molecule has 4 nitrogen and oxygen atoms in total. The van der Waals surface area contributed by atoms with Crippen molar-refractivity contribution in [2.45, 2.75) is 52.5 Å². The summed E-state index contributed by atoms with van der Waals surface area (Å²) >= 11 is 0. The molecule has 0 aliphatic heterocycles. The van der Waals surface area contributed by atoms with Crippen molar-refractivity contribution >= 4 is 17.0 Å². The minimum absolute atomic E-state index is 0.307. The van der Waals surface area contributed by atoms with Crippen molar-refractivity contribution in [3.63, 3.8) is 0 Å². The molecule has 0 saturated heterocycles. The van der Waals surface area contributed by atoms with Crippen LogP contribution in [0.4, 0.5) is 0 Å². The number of aryl methyl sites for hydroxylation is 1. The molecule has 1 fully saturated rings. The summed E-state index contributed by atoms with van der Waals surface area (Å²) in [6, 6.07) is 5.46. The van der Waals surface area contributed by atoms with E-state index in [9.17, 15) is 9.90 Å². The van der Waals surface area contributed by atoms with Gasteiger partial charge in [0.05, 0.1) is 11.1 Å². The summed E-state index contributed by atoms with van der Waals surface area (Å²) in [6.45, 7) is 5.29. The largest absolute Gasteiger partial charge is 0.478 e. The van der Waals surface area contributed by atoms with Crippen LogP contribution in [0, 0.1) is 5.41 Å². The van der Waals surface area contributed by atoms with E-state index in [1.165, 1.54) is 25.7 Å². The lowest BCUT2D eigenvalue weighted by Gasteiger charge is -2.17. The Labute approximate surface area is 124 Å². The number of carboxylic acid groups (broad SMARTS) is 1. The fourth-order valence-corrected chi connectivity index (χ4v) is 3.34. The number of benzene rings is 1. The number of rotatable bonds is 6. The molecule has 1 aromatic carbocycles. The maximum atomic E-state index is 11.4. The molecular weight excluding hydrogens is 264 g/mol. The van der Waals surface area contributed by atoms with Crippen LogP contribution >= 0.6 is 0 Å². The third kappa shape index (κ3) is 2.43. The lowest BCUT2D eigenvalue weighted by molar-refractivity contribution is 0.0699. The topological polar surface area (TPSA) is 55.1 Å². The van der Waals surface area contributed by atoms with Crippen LogP contribution in [-0.4, -0.2) is 20.6 Å².